The summed E-state index contributed by atoms with van der Waals surface area (Å²) in [6, 6.07) is 1.75. The number of rotatable bonds is 2. The number of carbonyl (C=O) groups is 1. The highest BCUT2D eigenvalue weighted by molar-refractivity contribution is 9.10. The summed E-state index contributed by atoms with van der Waals surface area (Å²) in [7, 11) is 0. The number of nitrogens with zero attached hydrogens (tertiary/aromatic N) is 2. The summed E-state index contributed by atoms with van der Waals surface area (Å²) in [4.78, 5) is 17.7. The van der Waals surface area contributed by atoms with Crippen molar-refractivity contribution in [2.24, 2.45) is 5.92 Å². The molecule has 1 saturated heterocycles. The molecule has 1 aromatic rings. The Balaban J connectivity index is 1.69. The predicted octanol–water partition coefficient (Wildman–Crippen LogP) is 1.44. The zero-order valence-electron chi connectivity index (χ0n) is 9.27. The van der Waals surface area contributed by atoms with E-state index in [1.807, 2.05) is 0 Å². The Bertz CT molecular complexity index is 467. The van der Waals surface area contributed by atoms with Crippen LogP contribution in [0.4, 0.5) is 0 Å². The monoisotopic (exact) mass is 296 g/mol. The van der Waals surface area contributed by atoms with Gasteiger partial charge in [-0.2, -0.15) is 0 Å². The molecule has 2 aliphatic rings. The molecule has 2 heterocycles. The standard InChI is InChI=1S/C12H13BrN2O2/c13-10-3-8(4-14-5-10)11(16)15-6-12(17,7-15)9-1-2-9/h3-5,9,17H,1-2,6-7H2. The molecule has 3 rings (SSSR count). The highest BCUT2D eigenvalue weighted by atomic mass is 79.9. The molecule has 4 nitrogen and oxygen atoms in total. The molecule has 2 fully saturated rings. The van der Waals surface area contributed by atoms with Crippen molar-refractivity contribution < 1.29 is 9.90 Å². The molecule has 90 valence electrons. The van der Waals surface area contributed by atoms with Gasteiger partial charge in [-0.25, -0.2) is 0 Å². The maximum atomic E-state index is 12.1. The van der Waals surface area contributed by atoms with Crippen molar-refractivity contribution in [3.05, 3.63) is 28.5 Å². The van der Waals surface area contributed by atoms with E-state index in [9.17, 15) is 9.90 Å². The lowest BCUT2D eigenvalue weighted by atomic mass is 9.88. The summed E-state index contributed by atoms with van der Waals surface area (Å²) >= 11 is 3.29. The van der Waals surface area contributed by atoms with Crippen LogP contribution in [0.2, 0.25) is 0 Å². The number of β-amino-alcohol motifs (C(OH)–C–C–N with tert-alkyl or cyclic N) is 1. The second-order valence-corrected chi connectivity index (χ2v) is 5.85. The van der Waals surface area contributed by atoms with E-state index in [0.717, 1.165) is 17.3 Å². The van der Waals surface area contributed by atoms with Crippen molar-refractivity contribution in [1.29, 1.82) is 0 Å². The molecule has 17 heavy (non-hydrogen) atoms. The van der Waals surface area contributed by atoms with E-state index in [0.29, 0.717) is 24.6 Å². The Morgan fingerprint density at radius 1 is 1.47 bits per heavy atom. The summed E-state index contributed by atoms with van der Waals surface area (Å²) < 4.78 is 0.793. The van der Waals surface area contributed by atoms with Crippen molar-refractivity contribution >= 4 is 21.8 Å². The average molecular weight is 297 g/mol. The molecule has 0 bridgehead atoms. The second kappa shape index (κ2) is 3.78. The highest BCUT2D eigenvalue weighted by Gasteiger charge is 2.53. The van der Waals surface area contributed by atoms with E-state index in [4.69, 9.17) is 0 Å². The van der Waals surface area contributed by atoms with E-state index < -0.39 is 5.60 Å². The summed E-state index contributed by atoms with van der Waals surface area (Å²) in [5.74, 6) is 0.358. The predicted molar refractivity (Wildman–Crippen MR) is 65.5 cm³/mol. The average Bonchev–Trinajstić information content (AvgIpc) is 3.08. The number of hydrogen-bond donors (Lipinski definition) is 1. The van der Waals surface area contributed by atoms with Crippen molar-refractivity contribution in [3.63, 3.8) is 0 Å². The van der Waals surface area contributed by atoms with Crippen LogP contribution >= 0.6 is 15.9 Å². The van der Waals surface area contributed by atoms with Crippen LogP contribution in [-0.4, -0.2) is 39.6 Å². The number of carbonyl (C=O) groups excluding carboxylic acids is 1. The molecule has 0 aromatic carbocycles. The minimum Gasteiger partial charge on any atom is -0.386 e. The van der Waals surface area contributed by atoms with E-state index in [-0.39, 0.29) is 5.91 Å². The van der Waals surface area contributed by atoms with Crippen LogP contribution in [0.3, 0.4) is 0 Å². The zero-order chi connectivity index (χ0) is 12.0. The van der Waals surface area contributed by atoms with Crippen LogP contribution in [0.1, 0.15) is 23.2 Å². The number of aromatic nitrogens is 1. The molecule has 0 unspecified atom stereocenters. The first-order chi connectivity index (χ1) is 8.08. The van der Waals surface area contributed by atoms with Gasteiger partial charge >= 0.3 is 0 Å². The Labute approximate surface area is 108 Å². The number of hydrogen-bond acceptors (Lipinski definition) is 3. The van der Waals surface area contributed by atoms with Gasteiger partial charge < -0.3 is 10.0 Å². The largest absolute Gasteiger partial charge is 0.386 e. The van der Waals surface area contributed by atoms with Crippen molar-refractivity contribution in [2.75, 3.05) is 13.1 Å². The van der Waals surface area contributed by atoms with Gasteiger partial charge in [-0.3, -0.25) is 9.78 Å². The Morgan fingerprint density at radius 2 is 2.18 bits per heavy atom. The Hall–Kier alpha value is -0.940. The molecule has 1 saturated carbocycles. The first-order valence-electron chi connectivity index (χ1n) is 5.71. The Kier molecular flexibility index (Phi) is 2.48. The first-order valence-corrected chi connectivity index (χ1v) is 6.50. The molecule has 0 atom stereocenters. The zero-order valence-corrected chi connectivity index (χ0v) is 10.9. The van der Waals surface area contributed by atoms with Gasteiger partial charge in [0.1, 0.15) is 5.60 Å². The summed E-state index contributed by atoms with van der Waals surface area (Å²) in [5, 5.41) is 10.2. The van der Waals surface area contributed by atoms with E-state index in [1.165, 1.54) is 0 Å². The molecule has 1 aliphatic heterocycles. The lowest BCUT2D eigenvalue weighted by Crippen LogP contribution is -2.64. The number of likely N-dealkylation sites (tertiary alicyclic amines) is 1. The van der Waals surface area contributed by atoms with Crippen LogP contribution in [0.5, 0.6) is 0 Å². The number of halogens is 1. The third-order valence-electron chi connectivity index (χ3n) is 3.51. The van der Waals surface area contributed by atoms with E-state index >= 15 is 0 Å². The fourth-order valence-corrected chi connectivity index (χ4v) is 2.71. The Morgan fingerprint density at radius 3 is 2.76 bits per heavy atom. The van der Waals surface area contributed by atoms with E-state index in [1.54, 1.807) is 23.4 Å². The summed E-state index contributed by atoms with van der Waals surface area (Å²) in [6.07, 6.45) is 5.39. The van der Waals surface area contributed by atoms with Gasteiger partial charge in [0.25, 0.3) is 5.91 Å². The smallest absolute Gasteiger partial charge is 0.255 e. The minimum absolute atomic E-state index is 0.0517. The third-order valence-corrected chi connectivity index (χ3v) is 3.94. The fraction of sp³-hybridized carbons (Fsp3) is 0.500. The SMILES string of the molecule is O=C(c1cncc(Br)c1)N1CC(O)(C2CC2)C1. The maximum absolute atomic E-state index is 12.1. The normalized spacial score (nSPS) is 22.1. The van der Waals surface area contributed by atoms with Crippen molar-refractivity contribution in [3.8, 4) is 0 Å². The fourth-order valence-electron chi connectivity index (χ4n) is 2.35. The molecule has 0 spiro atoms. The molecule has 5 heteroatoms. The molecule has 0 radical (unpaired) electrons. The molecule has 1 aromatic heterocycles. The topological polar surface area (TPSA) is 53.4 Å². The lowest BCUT2D eigenvalue weighted by Gasteiger charge is -2.46. The van der Waals surface area contributed by atoms with E-state index in [2.05, 4.69) is 20.9 Å². The molecule has 1 aliphatic carbocycles. The number of pyridine rings is 1. The van der Waals surface area contributed by atoms with Gasteiger partial charge in [-0.15, -0.1) is 0 Å². The summed E-state index contributed by atoms with van der Waals surface area (Å²) in [5.41, 5.74) is -0.0491. The quantitative estimate of drug-likeness (QED) is 0.898. The molecular formula is C12H13BrN2O2. The molecule has 1 amide bonds. The van der Waals surface area contributed by atoms with Gasteiger partial charge in [0.2, 0.25) is 0 Å². The van der Waals surface area contributed by atoms with Gasteiger partial charge in [-0.1, -0.05) is 0 Å². The molecular weight excluding hydrogens is 284 g/mol. The van der Waals surface area contributed by atoms with Gasteiger partial charge in [-0.05, 0) is 40.8 Å². The lowest BCUT2D eigenvalue weighted by molar-refractivity contribution is -0.0958. The number of amides is 1. The van der Waals surface area contributed by atoms with Crippen LogP contribution < -0.4 is 0 Å². The first kappa shape index (κ1) is 11.2. The van der Waals surface area contributed by atoms with Crippen molar-refractivity contribution in [1.82, 2.24) is 9.88 Å². The van der Waals surface area contributed by atoms with Gasteiger partial charge in [0.15, 0.2) is 0 Å². The van der Waals surface area contributed by atoms with Crippen LogP contribution in [-0.2, 0) is 0 Å². The highest BCUT2D eigenvalue weighted by Crippen LogP contribution is 2.44. The minimum atomic E-state index is -0.616. The van der Waals surface area contributed by atoms with Crippen molar-refractivity contribution in [2.45, 2.75) is 18.4 Å². The van der Waals surface area contributed by atoms with Crippen LogP contribution in [0, 0.1) is 5.92 Å². The summed E-state index contributed by atoms with van der Waals surface area (Å²) in [6.45, 7) is 0.923. The number of aliphatic hydroxyl groups is 1. The molecule has 1 N–H and O–H groups in total. The third kappa shape index (κ3) is 1.98. The maximum Gasteiger partial charge on any atom is 0.255 e. The van der Waals surface area contributed by atoms with Crippen LogP contribution in [0.25, 0.3) is 0 Å². The second-order valence-electron chi connectivity index (χ2n) is 4.93. The van der Waals surface area contributed by atoms with Crippen LogP contribution in [0.15, 0.2) is 22.9 Å². The van der Waals surface area contributed by atoms with Gasteiger partial charge in [0, 0.05) is 16.9 Å². The van der Waals surface area contributed by atoms with Gasteiger partial charge in [0.05, 0.1) is 18.7 Å².